The highest BCUT2D eigenvalue weighted by atomic mass is 79.9. The van der Waals surface area contributed by atoms with Crippen LogP contribution in [0.5, 0.6) is 5.75 Å². The van der Waals surface area contributed by atoms with E-state index in [1.54, 1.807) is 0 Å². The zero-order valence-electron chi connectivity index (χ0n) is 11.6. The van der Waals surface area contributed by atoms with E-state index >= 15 is 0 Å². The molecule has 0 atom stereocenters. The first kappa shape index (κ1) is 13.6. The topological polar surface area (TPSA) is 48.2 Å². The Kier molecular flexibility index (Phi) is 3.78. The molecular formula is C15H17BrN2O2. The van der Waals surface area contributed by atoms with Crippen molar-refractivity contribution in [2.24, 2.45) is 0 Å². The van der Waals surface area contributed by atoms with Gasteiger partial charge in [-0.05, 0) is 42.5 Å². The van der Waals surface area contributed by atoms with Crippen LogP contribution in [0.2, 0.25) is 0 Å². The summed E-state index contributed by atoms with van der Waals surface area (Å²) in [6.07, 6.45) is 2.32. The van der Waals surface area contributed by atoms with Crippen LogP contribution in [-0.2, 0) is 6.61 Å². The lowest BCUT2D eigenvalue weighted by Crippen LogP contribution is -2.01. The maximum Gasteiger partial charge on any atom is 0.229 e. The van der Waals surface area contributed by atoms with Crippen molar-refractivity contribution in [3.05, 3.63) is 40.0 Å². The summed E-state index contributed by atoms with van der Waals surface area (Å²) in [6.45, 7) is 4.64. The fraction of sp³-hybridized carbons (Fsp3) is 0.467. The molecule has 1 aromatic carbocycles. The van der Waals surface area contributed by atoms with Gasteiger partial charge in [-0.1, -0.05) is 34.9 Å². The second-order valence-electron chi connectivity index (χ2n) is 5.45. The number of ether oxygens (including phenoxy) is 1. The first-order valence-electron chi connectivity index (χ1n) is 6.88. The smallest absolute Gasteiger partial charge is 0.229 e. The van der Waals surface area contributed by atoms with Crippen LogP contribution in [-0.4, -0.2) is 10.1 Å². The van der Waals surface area contributed by atoms with Crippen LogP contribution in [0.25, 0.3) is 0 Å². The van der Waals surface area contributed by atoms with Gasteiger partial charge in [-0.25, -0.2) is 0 Å². The molecule has 0 radical (unpaired) electrons. The van der Waals surface area contributed by atoms with Crippen LogP contribution in [0, 0.1) is 0 Å². The third-order valence-electron chi connectivity index (χ3n) is 3.36. The van der Waals surface area contributed by atoms with Gasteiger partial charge in [-0.3, -0.25) is 0 Å². The van der Waals surface area contributed by atoms with Crippen molar-refractivity contribution in [2.45, 2.75) is 45.1 Å². The lowest BCUT2D eigenvalue weighted by Gasteiger charge is -2.13. The van der Waals surface area contributed by atoms with Gasteiger partial charge in [0.25, 0.3) is 0 Å². The largest absolute Gasteiger partial charge is 0.485 e. The summed E-state index contributed by atoms with van der Waals surface area (Å²) >= 11 is 3.49. The molecule has 0 amide bonds. The van der Waals surface area contributed by atoms with Crippen LogP contribution in [0.3, 0.4) is 0 Å². The summed E-state index contributed by atoms with van der Waals surface area (Å²) in [5.41, 5.74) is 1.17. The van der Waals surface area contributed by atoms with Crippen LogP contribution in [0.4, 0.5) is 0 Å². The molecule has 1 fully saturated rings. The standard InChI is InChI=1S/C15H17BrN2O2/c1-9(2)12-7-11(16)5-6-13(12)19-8-14-17-15(20-18-14)10-3-4-10/h5-7,9-10H,3-4,8H2,1-2H3. The maximum absolute atomic E-state index is 5.85. The number of hydrogen-bond acceptors (Lipinski definition) is 4. The normalized spacial score (nSPS) is 14.8. The molecule has 4 nitrogen and oxygen atoms in total. The number of aromatic nitrogens is 2. The van der Waals surface area contributed by atoms with Gasteiger partial charge < -0.3 is 9.26 Å². The van der Waals surface area contributed by atoms with Crippen molar-refractivity contribution >= 4 is 15.9 Å². The first-order chi connectivity index (χ1) is 9.63. The maximum atomic E-state index is 5.85. The molecule has 1 aliphatic carbocycles. The van der Waals surface area contributed by atoms with Crippen molar-refractivity contribution in [3.63, 3.8) is 0 Å². The van der Waals surface area contributed by atoms with Gasteiger partial charge in [0.15, 0.2) is 6.61 Å². The minimum atomic E-state index is 0.345. The molecule has 20 heavy (non-hydrogen) atoms. The quantitative estimate of drug-likeness (QED) is 0.811. The molecule has 1 aliphatic rings. The predicted molar refractivity (Wildman–Crippen MR) is 78.8 cm³/mol. The van der Waals surface area contributed by atoms with E-state index in [2.05, 4.69) is 46.0 Å². The van der Waals surface area contributed by atoms with Gasteiger partial charge in [-0.15, -0.1) is 0 Å². The Morgan fingerprint density at radius 1 is 1.40 bits per heavy atom. The van der Waals surface area contributed by atoms with Crippen molar-refractivity contribution in [3.8, 4) is 5.75 Å². The molecule has 1 heterocycles. The molecule has 0 unspecified atom stereocenters. The number of halogens is 1. The monoisotopic (exact) mass is 336 g/mol. The highest BCUT2D eigenvalue weighted by Crippen LogP contribution is 2.39. The van der Waals surface area contributed by atoms with E-state index in [9.17, 15) is 0 Å². The number of benzene rings is 1. The van der Waals surface area contributed by atoms with Gasteiger partial charge >= 0.3 is 0 Å². The average Bonchev–Trinajstić information content (AvgIpc) is 3.17. The molecule has 0 N–H and O–H groups in total. The Bertz CT molecular complexity index is 606. The van der Waals surface area contributed by atoms with E-state index in [1.807, 2.05) is 12.1 Å². The van der Waals surface area contributed by atoms with Gasteiger partial charge in [0.2, 0.25) is 11.7 Å². The third-order valence-corrected chi connectivity index (χ3v) is 3.85. The molecule has 0 saturated heterocycles. The Labute approximate surface area is 126 Å². The fourth-order valence-electron chi connectivity index (χ4n) is 2.07. The van der Waals surface area contributed by atoms with Crippen molar-refractivity contribution in [1.29, 1.82) is 0 Å². The van der Waals surface area contributed by atoms with Gasteiger partial charge in [-0.2, -0.15) is 4.98 Å². The molecule has 2 aromatic rings. The number of nitrogens with zero attached hydrogens (tertiary/aromatic N) is 2. The Balaban J connectivity index is 1.70. The second kappa shape index (κ2) is 5.56. The van der Waals surface area contributed by atoms with E-state index < -0.39 is 0 Å². The Morgan fingerprint density at radius 3 is 2.90 bits per heavy atom. The molecule has 1 saturated carbocycles. The fourth-order valence-corrected chi connectivity index (χ4v) is 2.45. The van der Waals surface area contributed by atoms with Gasteiger partial charge in [0.1, 0.15) is 5.75 Å². The number of hydrogen-bond donors (Lipinski definition) is 0. The number of rotatable bonds is 5. The molecular weight excluding hydrogens is 320 g/mol. The van der Waals surface area contributed by atoms with Crippen LogP contribution in [0.15, 0.2) is 27.2 Å². The molecule has 3 rings (SSSR count). The summed E-state index contributed by atoms with van der Waals surface area (Å²) in [5.74, 6) is 3.12. The molecule has 0 aliphatic heterocycles. The van der Waals surface area contributed by atoms with E-state index in [4.69, 9.17) is 9.26 Å². The van der Waals surface area contributed by atoms with E-state index in [0.717, 1.165) is 29.0 Å². The van der Waals surface area contributed by atoms with E-state index in [1.165, 1.54) is 5.56 Å². The highest BCUT2D eigenvalue weighted by molar-refractivity contribution is 9.10. The minimum absolute atomic E-state index is 0.345. The van der Waals surface area contributed by atoms with E-state index in [0.29, 0.717) is 24.3 Å². The molecule has 1 aromatic heterocycles. The van der Waals surface area contributed by atoms with Gasteiger partial charge in [0.05, 0.1) is 0 Å². The zero-order valence-corrected chi connectivity index (χ0v) is 13.2. The summed E-state index contributed by atoms with van der Waals surface area (Å²) < 4.78 is 12.1. The SMILES string of the molecule is CC(C)c1cc(Br)ccc1OCc1noc(C2CC2)n1. The zero-order chi connectivity index (χ0) is 14.1. The Morgan fingerprint density at radius 2 is 2.20 bits per heavy atom. The van der Waals surface area contributed by atoms with E-state index in [-0.39, 0.29) is 0 Å². The van der Waals surface area contributed by atoms with Crippen molar-refractivity contribution < 1.29 is 9.26 Å². The molecule has 0 spiro atoms. The Hall–Kier alpha value is -1.36. The third kappa shape index (κ3) is 3.03. The average molecular weight is 337 g/mol. The van der Waals surface area contributed by atoms with Crippen LogP contribution >= 0.6 is 15.9 Å². The van der Waals surface area contributed by atoms with Crippen molar-refractivity contribution in [2.75, 3.05) is 0 Å². The van der Waals surface area contributed by atoms with Gasteiger partial charge in [0, 0.05) is 10.4 Å². The van der Waals surface area contributed by atoms with Crippen LogP contribution < -0.4 is 4.74 Å². The predicted octanol–water partition coefficient (Wildman–Crippen LogP) is 4.41. The summed E-state index contributed by atoms with van der Waals surface area (Å²) in [7, 11) is 0. The summed E-state index contributed by atoms with van der Waals surface area (Å²) in [5, 5.41) is 3.96. The minimum Gasteiger partial charge on any atom is -0.485 e. The molecule has 5 heteroatoms. The lowest BCUT2D eigenvalue weighted by atomic mass is 10.0. The highest BCUT2D eigenvalue weighted by Gasteiger charge is 2.29. The molecule has 0 bridgehead atoms. The first-order valence-corrected chi connectivity index (χ1v) is 7.67. The summed E-state index contributed by atoms with van der Waals surface area (Å²) in [4.78, 5) is 4.37. The second-order valence-corrected chi connectivity index (χ2v) is 6.36. The van der Waals surface area contributed by atoms with Crippen molar-refractivity contribution in [1.82, 2.24) is 10.1 Å². The summed E-state index contributed by atoms with van der Waals surface area (Å²) in [6, 6.07) is 6.04. The lowest BCUT2D eigenvalue weighted by molar-refractivity contribution is 0.281. The van der Waals surface area contributed by atoms with Crippen LogP contribution in [0.1, 0.15) is 55.8 Å². The molecule has 106 valence electrons.